The van der Waals surface area contributed by atoms with E-state index in [2.05, 4.69) is 4.98 Å². The average Bonchev–Trinajstić information content (AvgIpc) is 2.55. The smallest absolute Gasteiger partial charge is 0.338 e. The molecule has 1 aromatic heterocycles. The van der Waals surface area contributed by atoms with Gasteiger partial charge in [-0.05, 0) is 30.7 Å². The summed E-state index contributed by atoms with van der Waals surface area (Å²) in [6, 6.07) is 17.5. The van der Waals surface area contributed by atoms with Gasteiger partial charge in [-0.1, -0.05) is 36.4 Å². The van der Waals surface area contributed by atoms with Crippen LogP contribution >= 0.6 is 0 Å². The van der Waals surface area contributed by atoms with E-state index in [4.69, 9.17) is 4.74 Å². The molecule has 0 bridgehead atoms. The molecule has 1 heterocycles. The number of esters is 1. The fourth-order valence-electron chi connectivity index (χ4n) is 2.32. The van der Waals surface area contributed by atoms with E-state index in [0.717, 1.165) is 22.0 Å². The van der Waals surface area contributed by atoms with Gasteiger partial charge in [-0.3, -0.25) is 4.98 Å². The number of carbonyl (C=O) groups excluding carboxylic acids is 1. The van der Waals surface area contributed by atoms with E-state index in [9.17, 15) is 4.79 Å². The second-order valence-electron chi connectivity index (χ2n) is 4.68. The van der Waals surface area contributed by atoms with Gasteiger partial charge in [0.25, 0.3) is 0 Å². The minimum absolute atomic E-state index is 0.310. The summed E-state index contributed by atoms with van der Waals surface area (Å²) in [4.78, 5) is 16.5. The largest absolute Gasteiger partial charge is 0.462 e. The Morgan fingerprint density at radius 3 is 2.62 bits per heavy atom. The number of carbonyl (C=O) groups is 1. The molecule has 0 saturated heterocycles. The molecular formula is C18H15NO2. The molecular weight excluding hydrogens is 262 g/mol. The average molecular weight is 277 g/mol. The molecule has 3 aromatic rings. The van der Waals surface area contributed by atoms with Crippen LogP contribution in [0.3, 0.4) is 0 Å². The van der Waals surface area contributed by atoms with Gasteiger partial charge in [0.1, 0.15) is 0 Å². The minimum Gasteiger partial charge on any atom is -0.462 e. The second-order valence-corrected chi connectivity index (χ2v) is 4.68. The fourth-order valence-corrected chi connectivity index (χ4v) is 2.32. The Kier molecular flexibility index (Phi) is 3.65. The normalized spacial score (nSPS) is 10.5. The monoisotopic (exact) mass is 277 g/mol. The maximum atomic E-state index is 12.1. The lowest BCUT2D eigenvalue weighted by Gasteiger charge is -2.08. The predicted molar refractivity (Wildman–Crippen MR) is 83.1 cm³/mol. The highest BCUT2D eigenvalue weighted by Gasteiger charge is 2.12. The van der Waals surface area contributed by atoms with Crippen molar-refractivity contribution >= 4 is 16.9 Å². The van der Waals surface area contributed by atoms with Gasteiger partial charge in [-0.25, -0.2) is 4.79 Å². The molecule has 0 radical (unpaired) electrons. The van der Waals surface area contributed by atoms with Crippen LogP contribution in [0.2, 0.25) is 0 Å². The molecule has 0 spiro atoms. The highest BCUT2D eigenvalue weighted by molar-refractivity contribution is 6.04. The number of fused-ring (bicyclic) bond motifs is 1. The number of hydrogen-bond donors (Lipinski definition) is 0. The van der Waals surface area contributed by atoms with Crippen LogP contribution in [0, 0.1) is 0 Å². The van der Waals surface area contributed by atoms with Crippen LogP contribution in [-0.4, -0.2) is 17.6 Å². The first kappa shape index (κ1) is 13.3. The van der Waals surface area contributed by atoms with Crippen molar-refractivity contribution in [3.05, 3.63) is 66.4 Å². The number of rotatable bonds is 3. The van der Waals surface area contributed by atoms with Crippen molar-refractivity contribution < 1.29 is 9.53 Å². The zero-order chi connectivity index (χ0) is 14.7. The summed E-state index contributed by atoms with van der Waals surface area (Å²) in [7, 11) is 0. The Labute approximate surface area is 123 Å². The van der Waals surface area contributed by atoms with Gasteiger partial charge in [0, 0.05) is 17.1 Å². The summed E-state index contributed by atoms with van der Waals surface area (Å²) < 4.78 is 5.11. The molecule has 0 unspecified atom stereocenters. The van der Waals surface area contributed by atoms with Crippen LogP contribution in [0.4, 0.5) is 0 Å². The summed E-state index contributed by atoms with van der Waals surface area (Å²) in [6.45, 7) is 2.16. The van der Waals surface area contributed by atoms with E-state index < -0.39 is 0 Å². The highest BCUT2D eigenvalue weighted by atomic mass is 16.5. The number of ether oxygens (including phenoxy) is 1. The Morgan fingerprint density at radius 1 is 1.05 bits per heavy atom. The van der Waals surface area contributed by atoms with Gasteiger partial charge < -0.3 is 4.74 Å². The van der Waals surface area contributed by atoms with E-state index in [-0.39, 0.29) is 5.97 Å². The third-order valence-corrected chi connectivity index (χ3v) is 3.33. The number of hydrogen-bond acceptors (Lipinski definition) is 3. The Hall–Kier alpha value is -2.68. The summed E-state index contributed by atoms with van der Waals surface area (Å²) in [5.74, 6) is -0.310. The zero-order valence-corrected chi connectivity index (χ0v) is 11.7. The number of pyridine rings is 1. The molecule has 0 aliphatic carbocycles. The number of aromatic nitrogens is 1. The molecule has 0 atom stereocenters. The zero-order valence-electron chi connectivity index (χ0n) is 11.7. The Balaban J connectivity index is 2.15. The first-order chi connectivity index (χ1) is 10.3. The first-order valence-corrected chi connectivity index (χ1v) is 6.91. The SMILES string of the molecule is CCOC(=O)c1cccc2ncc(-c3ccccc3)cc12. The maximum Gasteiger partial charge on any atom is 0.338 e. The highest BCUT2D eigenvalue weighted by Crippen LogP contribution is 2.25. The van der Waals surface area contributed by atoms with E-state index in [1.165, 1.54) is 0 Å². The molecule has 0 aliphatic heterocycles. The van der Waals surface area contributed by atoms with Crippen LogP contribution in [0.1, 0.15) is 17.3 Å². The lowest BCUT2D eigenvalue weighted by Crippen LogP contribution is -2.05. The summed E-state index contributed by atoms with van der Waals surface area (Å²) in [5.41, 5.74) is 3.41. The lowest BCUT2D eigenvalue weighted by molar-refractivity contribution is 0.0528. The van der Waals surface area contributed by atoms with Crippen molar-refractivity contribution in [3.8, 4) is 11.1 Å². The van der Waals surface area contributed by atoms with Crippen molar-refractivity contribution in [1.82, 2.24) is 4.98 Å². The van der Waals surface area contributed by atoms with Gasteiger partial charge in [0.05, 0.1) is 17.7 Å². The summed E-state index contributed by atoms with van der Waals surface area (Å²) >= 11 is 0. The lowest BCUT2D eigenvalue weighted by atomic mass is 10.0. The Bertz CT molecular complexity index is 782. The van der Waals surface area contributed by atoms with Crippen molar-refractivity contribution in [2.45, 2.75) is 6.92 Å². The maximum absolute atomic E-state index is 12.1. The van der Waals surface area contributed by atoms with Crippen LogP contribution in [0.15, 0.2) is 60.8 Å². The number of benzene rings is 2. The third-order valence-electron chi connectivity index (χ3n) is 3.33. The Morgan fingerprint density at radius 2 is 1.86 bits per heavy atom. The minimum atomic E-state index is -0.310. The van der Waals surface area contributed by atoms with Gasteiger partial charge in [0.15, 0.2) is 0 Å². The topological polar surface area (TPSA) is 39.2 Å². The van der Waals surface area contributed by atoms with E-state index in [1.54, 1.807) is 13.0 Å². The standard InChI is InChI=1S/C18H15NO2/c1-2-21-18(20)15-9-6-10-17-16(15)11-14(12-19-17)13-7-4-3-5-8-13/h3-12H,2H2,1H3. The fraction of sp³-hybridized carbons (Fsp3) is 0.111. The number of nitrogens with zero attached hydrogens (tertiary/aromatic N) is 1. The van der Waals surface area contributed by atoms with Gasteiger partial charge in [0.2, 0.25) is 0 Å². The van der Waals surface area contributed by atoms with Crippen molar-refractivity contribution in [3.63, 3.8) is 0 Å². The molecule has 0 saturated carbocycles. The molecule has 0 aliphatic rings. The molecule has 2 aromatic carbocycles. The summed E-state index contributed by atoms with van der Waals surface area (Å²) in [5, 5.41) is 0.817. The van der Waals surface area contributed by atoms with Crippen LogP contribution in [-0.2, 0) is 4.74 Å². The van der Waals surface area contributed by atoms with Gasteiger partial charge in [-0.2, -0.15) is 0 Å². The molecule has 3 rings (SSSR count). The first-order valence-electron chi connectivity index (χ1n) is 6.91. The molecule has 0 amide bonds. The van der Waals surface area contributed by atoms with Gasteiger partial charge in [-0.15, -0.1) is 0 Å². The molecule has 3 nitrogen and oxygen atoms in total. The summed E-state index contributed by atoms with van der Waals surface area (Å²) in [6.07, 6.45) is 1.83. The van der Waals surface area contributed by atoms with Crippen LogP contribution < -0.4 is 0 Å². The van der Waals surface area contributed by atoms with Crippen LogP contribution in [0.5, 0.6) is 0 Å². The molecule has 0 N–H and O–H groups in total. The molecule has 104 valence electrons. The quantitative estimate of drug-likeness (QED) is 0.677. The van der Waals surface area contributed by atoms with Crippen molar-refractivity contribution in [2.24, 2.45) is 0 Å². The van der Waals surface area contributed by atoms with E-state index >= 15 is 0 Å². The second kappa shape index (κ2) is 5.75. The molecule has 0 fully saturated rings. The van der Waals surface area contributed by atoms with Gasteiger partial charge >= 0.3 is 5.97 Å². The third kappa shape index (κ3) is 2.63. The van der Waals surface area contributed by atoms with Crippen molar-refractivity contribution in [2.75, 3.05) is 6.61 Å². The van der Waals surface area contributed by atoms with Crippen LogP contribution in [0.25, 0.3) is 22.0 Å². The van der Waals surface area contributed by atoms with Crippen molar-refractivity contribution in [1.29, 1.82) is 0 Å². The molecule has 3 heteroatoms. The predicted octanol–water partition coefficient (Wildman–Crippen LogP) is 4.08. The van der Waals surface area contributed by atoms with E-state index in [1.807, 2.05) is 54.7 Å². The van der Waals surface area contributed by atoms with E-state index in [0.29, 0.717) is 12.2 Å². The molecule has 21 heavy (non-hydrogen) atoms.